The maximum atomic E-state index is 4.52. The minimum atomic E-state index is 0.454. The fraction of sp³-hybridized carbons (Fsp3) is 0.643. The topological polar surface area (TPSA) is 29.9 Å². The summed E-state index contributed by atoms with van der Waals surface area (Å²) in [7, 11) is 0. The van der Waals surface area contributed by atoms with Gasteiger partial charge in [-0.15, -0.1) is 0 Å². The summed E-state index contributed by atoms with van der Waals surface area (Å²) in [6.07, 6.45) is 11.4. The van der Waals surface area contributed by atoms with Gasteiger partial charge in [-0.2, -0.15) is 5.10 Å². The first-order valence-electron chi connectivity index (χ1n) is 6.68. The third-order valence-corrected chi connectivity index (χ3v) is 3.01. The molecular formula is C14H23N3. The Kier molecular flexibility index (Phi) is 4.37. The summed E-state index contributed by atoms with van der Waals surface area (Å²) in [5, 5.41) is 8.02. The van der Waals surface area contributed by atoms with Crippen molar-refractivity contribution in [2.45, 2.75) is 51.6 Å². The van der Waals surface area contributed by atoms with Crippen LogP contribution in [0.4, 0.5) is 0 Å². The van der Waals surface area contributed by atoms with Gasteiger partial charge in [0, 0.05) is 24.7 Å². The molecule has 1 saturated carbocycles. The molecule has 0 aliphatic heterocycles. The molecule has 0 radical (unpaired) electrons. The Morgan fingerprint density at radius 2 is 2.29 bits per heavy atom. The number of nitrogens with one attached hydrogen (secondary N) is 1. The Labute approximate surface area is 104 Å². The normalized spacial score (nSPS) is 16.2. The molecule has 1 fully saturated rings. The molecule has 17 heavy (non-hydrogen) atoms. The summed E-state index contributed by atoms with van der Waals surface area (Å²) in [5.74, 6) is 0. The highest BCUT2D eigenvalue weighted by atomic mass is 15.3. The molecule has 3 nitrogen and oxygen atoms in total. The van der Waals surface area contributed by atoms with Gasteiger partial charge >= 0.3 is 0 Å². The third kappa shape index (κ3) is 4.35. The molecule has 0 atom stereocenters. The third-order valence-electron chi connectivity index (χ3n) is 3.01. The van der Waals surface area contributed by atoms with Gasteiger partial charge in [0.25, 0.3) is 0 Å². The van der Waals surface area contributed by atoms with Gasteiger partial charge < -0.3 is 5.32 Å². The number of aromatic nitrogens is 2. The highest BCUT2D eigenvalue weighted by Gasteiger charge is 2.19. The quantitative estimate of drug-likeness (QED) is 0.579. The van der Waals surface area contributed by atoms with Gasteiger partial charge in [-0.25, -0.2) is 0 Å². The molecule has 2 rings (SSSR count). The first-order chi connectivity index (χ1) is 8.25. The zero-order valence-corrected chi connectivity index (χ0v) is 10.9. The number of nitrogens with zero attached hydrogens (tertiary/aromatic N) is 2. The van der Waals surface area contributed by atoms with Crippen LogP contribution in [0.15, 0.2) is 24.4 Å². The summed E-state index contributed by atoms with van der Waals surface area (Å²) >= 11 is 0. The molecule has 1 aliphatic carbocycles. The van der Waals surface area contributed by atoms with Crippen molar-refractivity contribution in [3.05, 3.63) is 30.1 Å². The fourth-order valence-corrected chi connectivity index (χ4v) is 1.75. The predicted octanol–water partition coefficient (Wildman–Crippen LogP) is 2.70. The summed E-state index contributed by atoms with van der Waals surface area (Å²) in [4.78, 5) is 0. The zero-order chi connectivity index (χ0) is 12.1. The van der Waals surface area contributed by atoms with E-state index in [0.717, 1.165) is 31.1 Å². The van der Waals surface area contributed by atoms with Crippen LogP contribution in [0.3, 0.4) is 0 Å². The van der Waals surface area contributed by atoms with E-state index in [1.54, 1.807) is 0 Å². The van der Waals surface area contributed by atoms with E-state index >= 15 is 0 Å². The maximum Gasteiger partial charge on any atom is 0.0662 e. The summed E-state index contributed by atoms with van der Waals surface area (Å²) in [6.45, 7) is 5.41. The first-order valence-corrected chi connectivity index (χ1v) is 6.68. The lowest BCUT2D eigenvalue weighted by Gasteiger charge is -2.03. The van der Waals surface area contributed by atoms with E-state index in [2.05, 4.69) is 48.7 Å². The SMILES string of the molecule is CC(C)n1ccc(CC=CCCNC2CC2)n1. The molecule has 1 heterocycles. The molecule has 1 aromatic heterocycles. The van der Waals surface area contributed by atoms with Crippen LogP contribution >= 0.6 is 0 Å². The lowest BCUT2D eigenvalue weighted by Crippen LogP contribution is -2.16. The minimum Gasteiger partial charge on any atom is -0.314 e. The van der Waals surface area contributed by atoms with Crippen LogP contribution in [0.2, 0.25) is 0 Å². The van der Waals surface area contributed by atoms with Gasteiger partial charge in [-0.1, -0.05) is 12.2 Å². The highest BCUT2D eigenvalue weighted by Crippen LogP contribution is 2.18. The molecule has 0 amide bonds. The van der Waals surface area contributed by atoms with Crippen molar-refractivity contribution < 1.29 is 0 Å². The van der Waals surface area contributed by atoms with Gasteiger partial charge in [-0.3, -0.25) is 4.68 Å². The van der Waals surface area contributed by atoms with E-state index in [-0.39, 0.29) is 0 Å². The Hall–Kier alpha value is -1.09. The second-order valence-corrected chi connectivity index (χ2v) is 5.07. The van der Waals surface area contributed by atoms with Crippen molar-refractivity contribution in [2.75, 3.05) is 6.54 Å². The van der Waals surface area contributed by atoms with Crippen LogP contribution in [0.5, 0.6) is 0 Å². The fourth-order valence-electron chi connectivity index (χ4n) is 1.75. The van der Waals surface area contributed by atoms with Crippen molar-refractivity contribution in [3.63, 3.8) is 0 Å². The van der Waals surface area contributed by atoms with E-state index in [0.29, 0.717) is 6.04 Å². The van der Waals surface area contributed by atoms with Crippen molar-refractivity contribution in [1.82, 2.24) is 15.1 Å². The van der Waals surface area contributed by atoms with Crippen molar-refractivity contribution in [3.8, 4) is 0 Å². The summed E-state index contributed by atoms with van der Waals surface area (Å²) in [5.41, 5.74) is 1.16. The van der Waals surface area contributed by atoms with Gasteiger partial charge in [0.2, 0.25) is 0 Å². The molecule has 1 aliphatic rings. The Balaban J connectivity index is 1.63. The van der Waals surface area contributed by atoms with Crippen molar-refractivity contribution >= 4 is 0 Å². The predicted molar refractivity (Wildman–Crippen MR) is 71.1 cm³/mol. The average Bonchev–Trinajstić information content (AvgIpc) is 3.00. The Morgan fingerprint density at radius 1 is 1.47 bits per heavy atom. The summed E-state index contributed by atoms with van der Waals surface area (Å²) in [6, 6.07) is 3.38. The van der Waals surface area contributed by atoms with E-state index in [1.165, 1.54) is 12.8 Å². The van der Waals surface area contributed by atoms with Crippen LogP contribution in [0.25, 0.3) is 0 Å². The van der Waals surface area contributed by atoms with Gasteiger partial charge in [0.05, 0.1) is 5.69 Å². The Bertz CT molecular complexity index is 361. The van der Waals surface area contributed by atoms with Crippen molar-refractivity contribution in [1.29, 1.82) is 0 Å². The molecule has 0 spiro atoms. The number of hydrogen-bond donors (Lipinski definition) is 1. The monoisotopic (exact) mass is 233 g/mol. The smallest absolute Gasteiger partial charge is 0.0662 e. The zero-order valence-electron chi connectivity index (χ0n) is 10.9. The van der Waals surface area contributed by atoms with Gasteiger partial charge in [0.1, 0.15) is 0 Å². The Morgan fingerprint density at radius 3 is 2.94 bits per heavy atom. The van der Waals surface area contributed by atoms with Crippen LogP contribution in [0.1, 0.15) is 44.8 Å². The standard InChI is InChI=1S/C14H23N3/c1-12(2)17-11-9-14(16-17)6-4-3-5-10-15-13-7-8-13/h3-4,9,11-13,15H,5-8,10H2,1-2H3. The van der Waals surface area contributed by atoms with Crippen molar-refractivity contribution in [2.24, 2.45) is 0 Å². The second-order valence-electron chi connectivity index (χ2n) is 5.07. The lowest BCUT2D eigenvalue weighted by atomic mass is 10.2. The van der Waals surface area contributed by atoms with E-state index in [1.807, 2.05) is 4.68 Å². The largest absolute Gasteiger partial charge is 0.314 e. The van der Waals surface area contributed by atoms with Crippen LogP contribution in [0, 0.1) is 0 Å². The van der Waals surface area contributed by atoms with E-state index < -0.39 is 0 Å². The second kappa shape index (κ2) is 6.01. The van der Waals surface area contributed by atoms with E-state index in [4.69, 9.17) is 0 Å². The molecular weight excluding hydrogens is 210 g/mol. The maximum absolute atomic E-state index is 4.52. The van der Waals surface area contributed by atoms with Crippen LogP contribution in [-0.4, -0.2) is 22.4 Å². The van der Waals surface area contributed by atoms with Crippen LogP contribution < -0.4 is 5.32 Å². The number of hydrogen-bond acceptors (Lipinski definition) is 2. The molecule has 94 valence electrons. The van der Waals surface area contributed by atoms with Gasteiger partial charge in [-0.05, 0) is 45.7 Å². The van der Waals surface area contributed by atoms with Crippen LogP contribution in [-0.2, 0) is 6.42 Å². The summed E-state index contributed by atoms with van der Waals surface area (Å²) < 4.78 is 2.01. The molecule has 1 aromatic rings. The van der Waals surface area contributed by atoms with E-state index in [9.17, 15) is 0 Å². The minimum absolute atomic E-state index is 0.454. The first kappa shape index (κ1) is 12.4. The lowest BCUT2D eigenvalue weighted by molar-refractivity contribution is 0.528. The molecule has 1 N–H and O–H groups in total. The number of allylic oxidation sites excluding steroid dienone is 1. The van der Waals surface area contributed by atoms with Gasteiger partial charge in [0.15, 0.2) is 0 Å². The molecule has 3 heteroatoms. The molecule has 0 saturated heterocycles. The average molecular weight is 233 g/mol. The highest BCUT2D eigenvalue weighted by molar-refractivity contribution is 5.05. The molecule has 0 unspecified atom stereocenters. The molecule has 0 bridgehead atoms. The number of rotatable bonds is 7. The molecule has 0 aromatic carbocycles.